The van der Waals surface area contributed by atoms with Gasteiger partial charge >= 0.3 is 39.5 Å². The molecule has 0 spiro atoms. The van der Waals surface area contributed by atoms with Crippen molar-refractivity contribution in [3.05, 3.63) is 0 Å². The van der Waals surface area contributed by atoms with Gasteiger partial charge in [0.05, 0.1) is 26.4 Å². The summed E-state index contributed by atoms with van der Waals surface area (Å²) in [6.07, 6.45) is 38.9. The smallest absolute Gasteiger partial charge is 0.462 e. The van der Waals surface area contributed by atoms with E-state index in [4.69, 9.17) is 37.0 Å². The molecule has 0 radical (unpaired) electrons. The van der Waals surface area contributed by atoms with E-state index in [1.54, 1.807) is 0 Å². The van der Waals surface area contributed by atoms with Crippen molar-refractivity contribution in [2.24, 2.45) is 11.8 Å². The number of hydrogen-bond donors (Lipinski definition) is 3. The van der Waals surface area contributed by atoms with Gasteiger partial charge < -0.3 is 33.8 Å². The average molecular weight is 1230 g/mol. The van der Waals surface area contributed by atoms with Gasteiger partial charge in [-0.05, 0) is 37.5 Å². The summed E-state index contributed by atoms with van der Waals surface area (Å²) in [6.45, 7) is 9.40. The van der Waals surface area contributed by atoms with E-state index in [-0.39, 0.29) is 25.7 Å². The molecule has 4 unspecified atom stereocenters. The van der Waals surface area contributed by atoms with Crippen molar-refractivity contribution >= 4 is 39.5 Å². The van der Waals surface area contributed by atoms with Crippen LogP contribution in [0.2, 0.25) is 0 Å². The third-order valence-electron chi connectivity index (χ3n) is 15.4. The zero-order valence-corrected chi connectivity index (χ0v) is 55.3. The molecule has 0 bridgehead atoms. The zero-order chi connectivity index (χ0) is 61.5. The van der Waals surface area contributed by atoms with Crippen molar-refractivity contribution in [1.82, 2.24) is 0 Å². The number of unbranched alkanes of at least 4 members (excludes halogenated alkanes) is 31. The van der Waals surface area contributed by atoms with Crippen LogP contribution in [-0.2, 0) is 65.4 Å². The van der Waals surface area contributed by atoms with E-state index in [0.29, 0.717) is 25.7 Å². The summed E-state index contributed by atoms with van der Waals surface area (Å²) in [5.41, 5.74) is 0. The first-order valence-corrected chi connectivity index (χ1v) is 36.6. The highest BCUT2D eigenvalue weighted by Gasteiger charge is 2.30. The second-order valence-corrected chi connectivity index (χ2v) is 26.5. The molecule has 3 N–H and O–H groups in total. The third-order valence-corrected chi connectivity index (χ3v) is 17.3. The molecule has 0 saturated heterocycles. The largest absolute Gasteiger partial charge is 0.472 e. The summed E-state index contributed by atoms with van der Waals surface area (Å²) in [4.78, 5) is 72.2. The monoisotopic (exact) mass is 1230 g/mol. The van der Waals surface area contributed by atoms with Gasteiger partial charge in [0, 0.05) is 25.7 Å². The van der Waals surface area contributed by atoms with Gasteiger partial charge in [-0.25, -0.2) is 9.13 Å². The molecule has 0 aromatic heterocycles. The summed E-state index contributed by atoms with van der Waals surface area (Å²) in [5, 5.41) is 10.5. The molecule has 0 amide bonds. The van der Waals surface area contributed by atoms with Crippen LogP contribution in [0, 0.1) is 11.8 Å². The first-order valence-electron chi connectivity index (χ1n) is 33.6. The fourth-order valence-electron chi connectivity index (χ4n) is 9.47. The lowest BCUT2D eigenvalue weighted by Crippen LogP contribution is -2.30. The topological polar surface area (TPSA) is 237 Å². The molecule has 83 heavy (non-hydrogen) atoms. The molecule has 19 heteroatoms. The number of esters is 4. The van der Waals surface area contributed by atoms with Gasteiger partial charge in [-0.2, -0.15) is 0 Å². The zero-order valence-electron chi connectivity index (χ0n) is 53.5. The van der Waals surface area contributed by atoms with Crippen molar-refractivity contribution in [3.8, 4) is 0 Å². The van der Waals surface area contributed by atoms with Crippen LogP contribution < -0.4 is 0 Å². The number of aliphatic hydroxyl groups is 1. The lowest BCUT2D eigenvalue weighted by molar-refractivity contribution is -0.161. The van der Waals surface area contributed by atoms with E-state index in [1.165, 1.54) is 128 Å². The standard InChI is InChI=1S/C64H124O17P2/c1-7-11-13-15-17-19-21-22-23-25-27-36-42-48-63(68)80-59(53-75-62(67)47-41-35-30-28-32-38-44-56(5)9-3)54-78-82(70,71)76-50-58(65)51-77-83(72,73)79-55-60(81-64(69)49-43-37-31-29-33-39-45-57(6)10-4)52-74-61(66)46-40-34-26-24-20-18-16-14-12-8-2/h56-60,65H,7-55H2,1-6H3,(H,70,71)(H,72,73)/t56?,57?,58-,59-,60-/m1/s1. The van der Waals surface area contributed by atoms with Gasteiger partial charge in [0.2, 0.25) is 0 Å². The SMILES string of the molecule is CCCCCCCCCCCCCCCC(=O)O[C@H](COC(=O)CCCCCCCCC(C)CC)COP(=O)(O)OC[C@@H](O)COP(=O)(O)OC[C@@H](COC(=O)CCCCCCCCCCCC)OC(=O)CCCCCCCCC(C)CC. The second-order valence-electron chi connectivity index (χ2n) is 23.6. The van der Waals surface area contributed by atoms with Gasteiger partial charge in [-0.15, -0.1) is 0 Å². The lowest BCUT2D eigenvalue weighted by atomic mass is 10.00. The van der Waals surface area contributed by atoms with Crippen molar-refractivity contribution < 1.29 is 80.2 Å². The molecule has 17 nitrogen and oxygen atoms in total. The Morgan fingerprint density at radius 3 is 0.855 bits per heavy atom. The summed E-state index contributed by atoms with van der Waals surface area (Å²) in [7, 11) is -9.89. The molecule has 492 valence electrons. The number of rotatable bonds is 63. The van der Waals surface area contributed by atoms with E-state index in [2.05, 4.69) is 41.5 Å². The maximum Gasteiger partial charge on any atom is 0.472 e. The lowest BCUT2D eigenvalue weighted by Gasteiger charge is -2.21. The highest BCUT2D eigenvalue weighted by atomic mass is 31.2. The molecule has 0 aliphatic heterocycles. The van der Waals surface area contributed by atoms with Crippen LogP contribution in [0.5, 0.6) is 0 Å². The quantitative estimate of drug-likeness (QED) is 0.0222. The van der Waals surface area contributed by atoms with Crippen LogP contribution in [0.15, 0.2) is 0 Å². The van der Waals surface area contributed by atoms with Gasteiger partial charge in [0.25, 0.3) is 0 Å². The maximum atomic E-state index is 13.0. The van der Waals surface area contributed by atoms with Gasteiger partial charge in [0.1, 0.15) is 19.3 Å². The molecule has 0 fully saturated rings. The number of carbonyl (C=O) groups is 4. The molecule has 7 atom stereocenters. The van der Waals surface area contributed by atoms with Crippen LogP contribution >= 0.6 is 15.6 Å². The molecule has 0 rings (SSSR count). The molecule has 0 aliphatic rings. The molecule has 0 aromatic rings. The van der Waals surface area contributed by atoms with Crippen LogP contribution in [0.3, 0.4) is 0 Å². The van der Waals surface area contributed by atoms with Crippen LogP contribution in [0.25, 0.3) is 0 Å². The van der Waals surface area contributed by atoms with Gasteiger partial charge in [0.15, 0.2) is 12.2 Å². The van der Waals surface area contributed by atoms with Crippen molar-refractivity contribution in [2.45, 2.75) is 336 Å². The Hall–Kier alpha value is -1.94. The van der Waals surface area contributed by atoms with E-state index >= 15 is 0 Å². The summed E-state index contributed by atoms with van der Waals surface area (Å²) < 4.78 is 68.0. The van der Waals surface area contributed by atoms with Crippen LogP contribution in [0.4, 0.5) is 0 Å². The molecule has 0 heterocycles. The van der Waals surface area contributed by atoms with Gasteiger partial charge in [-0.3, -0.25) is 37.3 Å². The van der Waals surface area contributed by atoms with E-state index in [1.807, 2.05) is 0 Å². The van der Waals surface area contributed by atoms with Crippen molar-refractivity contribution in [3.63, 3.8) is 0 Å². The van der Waals surface area contributed by atoms with E-state index in [0.717, 1.165) is 108 Å². The highest BCUT2D eigenvalue weighted by molar-refractivity contribution is 7.47. The summed E-state index contributed by atoms with van der Waals surface area (Å²) >= 11 is 0. The normalized spacial score (nSPS) is 15.0. The first-order chi connectivity index (χ1) is 39.9. The molecular weight excluding hydrogens is 1100 g/mol. The van der Waals surface area contributed by atoms with Crippen LogP contribution in [-0.4, -0.2) is 96.7 Å². The average Bonchev–Trinajstić information content (AvgIpc) is 3.46. The Labute approximate surface area is 505 Å². The number of phosphoric acid groups is 2. The second kappa shape index (κ2) is 56.6. The molecule has 0 aliphatic carbocycles. The summed E-state index contributed by atoms with van der Waals surface area (Å²) in [6, 6.07) is 0. The number of aliphatic hydroxyl groups excluding tert-OH is 1. The minimum Gasteiger partial charge on any atom is -0.462 e. The van der Waals surface area contributed by atoms with E-state index < -0.39 is 97.5 Å². The molecule has 0 saturated carbocycles. The van der Waals surface area contributed by atoms with E-state index in [9.17, 15) is 43.2 Å². The number of carbonyl (C=O) groups excluding carboxylic acids is 4. The predicted molar refractivity (Wildman–Crippen MR) is 331 cm³/mol. The fraction of sp³-hybridized carbons (Fsp3) is 0.938. The number of hydrogen-bond acceptors (Lipinski definition) is 15. The van der Waals surface area contributed by atoms with Crippen molar-refractivity contribution in [1.29, 1.82) is 0 Å². The Balaban J connectivity index is 5.25. The Morgan fingerprint density at radius 1 is 0.337 bits per heavy atom. The fourth-order valence-corrected chi connectivity index (χ4v) is 11.0. The minimum absolute atomic E-state index is 0.103. The Bertz CT molecular complexity index is 1640. The predicted octanol–water partition coefficient (Wildman–Crippen LogP) is 17.7. The molecule has 0 aromatic carbocycles. The minimum atomic E-state index is -4.94. The number of phosphoric ester groups is 2. The maximum absolute atomic E-state index is 13.0. The Morgan fingerprint density at radius 2 is 0.578 bits per heavy atom. The van der Waals surface area contributed by atoms with Crippen molar-refractivity contribution in [2.75, 3.05) is 39.6 Å². The Kier molecular flexibility index (Phi) is 55.2. The molecular formula is C64H124O17P2. The first kappa shape index (κ1) is 81.1. The third kappa shape index (κ3) is 56.3. The van der Waals surface area contributed by atoms with Gasteiger partial charge in [-0.1, -0.05) is 266 Å². The number of ether oxygens (including phenoxy) is 4. The highest BCUT2D eigenvalue weighted by Crippen LogP contribution is 2.45. The summed E-state index contributed by atoms with van der Waals surface area (Å²) in [5.74, 6) is -0.685. The van der Waals surface area contributed by atoms with Crippen LogP contribution in [0.1, 0.15) is 318 Å².